The maximum absolute atomic E-state index is 11.2. The standard InChI is InChI=1S/C10H10N4O2/c1-6-12-9(14-16-6)7-2-4-8(5-3-7)10(15)13-11/h2-5H,11H2,1H3,(H,13,15). The minimum Gasteiger partial charge on any atom is -0.339 e. The molecular formula is C10H10N4O2. The molecule has 0 radical (unpaired) electrons. The van der Waals surface area contributed by atoms with Gasteiger partial charge in [-0.3, -0.25) is 10.2 Å². The Bertz CT molecular complexity index is 504. The summed E-state index contributed by atoms with van der Waals surface area (Å²) in [5.74, 6) is 5.68. The van der Waals surface area contributed by atoms with Crippen LogP contribution in [0.4, 0.5) is 0 Å². The predicted molar refractivity (Wildman–Crippen MR) is 56.1 cm³/mol. The summed E-state index contributed by atoms with van der Waals surface area (Å²) in [6.45, 7) is 1.72. The van der Waals surface area contributed by atoms with E-state index >= 15 is 0 Å². The molecular weight excluding hydrogens is 208 g/mol. The van der Waals surface area contributed by atoms with Crippen LogP contribution in [0.5, 0.6) is 0 Å². The predicted octanol–water partition coefficient (Wildman–Crippen LogP) is 0.649. The van der Waals surface area contributed by atoms with Crippen LogP contribution in [-0.2, 0) is 0 Å². The molecule has 0 spiro atoms. The molecule has 1 amide bonds. The van der Waals surface area contributed by atoms with Gasteiger partial charge < -0.3 is 4.52 Å². The van der Waals surface area contributed by atoms with Gasteiger partial charge in [0.2, 0.25) is 11.7 Å². The summed E-state index contributed by atoms with van der Waals surface area (Å²) < 4.78 is 4.86. The maximum atomic E-state index is 11.2. The SMILES string of the molecule is Cc1nc(-c2ccc(C(=O)NN)cc2)no1. The fourth-order valence-electron chi connectivity index (χ4n) is 1.27. The molecule has 0 atom stereocenters. The van der Waals surface area contributed by atoms with Gasteiger partial charge in [-0.25, -0.2) is 5.84 Å². The molecule has 2 rings (SSSR count). The van der Waals surface area contributed by atoms with Crippen LogP contribution in [0, 0.1) is 6.92 Å². The highest BCUT2D eigenvalue weighted by atomic mass is 16.5. The van der Waals surface area contributed by atoms with Gasteiger partial charge in [-0.1, -0.05) is 17.3 Å². The molecule has 6 heteroatoms. The first-order valence-corrected chi connectivity index (χ1v) is 4.62. The highest BCUT2D eigenvalue weighted by Gasteiger charge is 2.07. The molecule has 0 aliphatic carbocycles. The second kappa shape index (κ2) is 4.11. The summed E-state index contributed by atoms with van der Waals surface area (Å²) in [7, 11) is 0. The normalized spacial score (nSPS) is 10.1. The van der Waals surface area contributed by atoms with Gasteiger partial charge >= 0.3 is 0 Å². The molecule has 82 valence electrons. The number of amides is 1. The first kappa shape index (κ1) is 10.3. The molecule has 0 saturated heterocycles. The van der Waals surface area contributed by atoms with Crippen molar-refractivity contribution in [2.45, 2.75) is 6.92 Å². The van der Waals surface area contributed by atoms with E-state index in [0.29, 0.717) is 17.3 Å². The Balaban J connectivity index is 2.29. The Morgan fingerprint density at radius 1 is 1.38 bits per heavy atom. The zero-order chi connectivity index (χ0) is 11.5. The molecule has 16 heavy (non-hydrogen) atoms. The van der Waals surface area contributed by atoms with Gasteiger partial charge in [0.15, 0.2) is 0 Å². The number of carbonyl (C=O) groups is 1. The average molecular weight is 218 g/mol. The van der Waals surface area contributed by atoms with Crippen LogP contribution >= 0.6 is 0 Å². The van der Waals surface area contributed by atoms with E-state index in [2.05, 4.69) is 15.6 Å². The molecule has 1 aromatic heterocycles. The topological polar surface area (TPSA) is 94.0 Å². The lowest BCUT2D eigenvalue weighted by atomic mass is 10.1. The highest BCUT2D eigenvalue weighted by Crippen LogP contribution is 2.16. The van der Waals surface area contributed by atoms with Crippen molar-refractivity contribution in [2.75, 3.05) is 0 Å². The number of carbonyl (C=O) groups excluding carboxylic acids is 1. The van der Waals surface area contributed by atoms with Crippen LogP contribution in [0.2, 0.25) is 0 Å². The van der Waals surface area contributed by atoms with E-state index in [0.717, 1.165) is 5.56 Å². The molecule has 1 heterocycles. The van der Waals surface area contributed by atoms with Crippen molar-refractivity contribution in [3.8, 4) is 11.4 Å². The van der Waals surface area contributed by atoms with Gasteiger partial charge in [-0.2, -0.15) is 4.98 Å². The second-order valence-electron chi connectivity index (χ2n) is 3.19. The van der Waals surface area contributed by atoms with E-state index < -0.39 is 0 Å². The molecule has 6 nitrogen and oxygen atoms in total. The lowest BCUT2D eigenvalue weighted by molar-refractivity contribution is 0.0953. The third kappa shape index (κ3) is 1.91. The zero-order valence-corrected chi connectivity index (χ0v) is 8.60. The van der Waals surface area contributed by atoms with E-state index in [1.54, 1.807) is 31.2 Å². The van der Waals surface area contributed by atoms with Crippen molar-refractivity contribution >= 4 is 5.91 Å². The first-order chi connectivity index (χ1) is 7.70. The van der Waals surface area contributed by atoms with Gasteiger partial charge in [-0.15, -0.1) is 0 Å². The third-order valence-corrected chi connectivity index (χ3v) is 2.06. The number of hydrogen-bond donors (Lipinski definition) is 2. The summed E-state index contributed by atoms with van der Waals surface area (Å²) in [4.78, 5) is 15.3. The summed E-state index contributed by atoms with van der Waals surface area (Å²) in [6.07, 6.45) is 0. The Morgan fingerprint density at radius 3 is 2.56 bits per heavy atom. The molecule has 0 bridgehead atoms. The second-order valence-corrected chi connectivity index (χ2v) is 3.19. The van der Waals surface area contributed by atoms with E-state index in [1.807, 2.05) is 0 Å². The van der Waals surface area contributed by atoms with Crippen molar-refractivity contribution in [3.05, 3.63) is 35.7 Å². The van der Waals surface area contributed by atoms with E-state index in [1.165, 1.54) is 0 Å². The molecule has 2 aromatic rings. The van der Waals surface area contributed by atoms with Gasteiger partial charge in [0.25, 0.3) is 5.91 Å². The first-order valence-electron chi connectivity index (χ1n) is 4.62. The number of rotatable bonds is 2. The minimum absolute atomic E-state index is 0.337. The van der Waals surface area contributed by atoms with Crippen molar-refractivity contribution < 1.29 is 9.32 Å². The van der Waals surface area contributed by atoms with Crippen molar-refractivity contribution in [1.82, 2.24) is 15.6 Å². The summed E-state index contributed by atoms with van der Waals surface area (Å²) in [5, 5.41) is 3.77. The van der Waals surface area contributed by atoms with Crippen LogP contribution in [0.3, 0.4) is 0 Å². The Hall–Kier alpha value is -2.21. The number of nitrogens with one attached hydrogen (secondary N) is 1. The molecule has 0 saturated carbocycles. The van der Waals surface area contributed by atoms with Crippen molar-refractivity contribution in [2.24, 2.45) is 5.84 Å². The van der Waals surface area contributed by atoms with Crippen molar-refractivity contribution in [1.29, 1.82) is 0 Å². The smallest absolute Gasteiger partial charge is 0.265 e. The number of nitrogen functional groups attached to an aromatic ring is 1. The number of nitrogens with zero attached hydrogens (tertiary/aromatic N) is 2. The van der Waals surface area contributed by atoms with Gasteiger partial charge in [0.05, 0.1) is 0 Å². The number of aryl methyl sites for hydroxylation is 1. The summed E-state index contributed by atoms with van der Waals surface area (Å²) in [5.41, 5.74) is 3.32. The van der Waals surface area contributed by atoms with Crippen LogP contribution in [0.1, 0.15) is 16.2 Å². The van der Waals surface area contributed by atoms with Crippen LogP contribution in [0.15, 0.2) is 28.8 Å². The third-order valence-electron chi connectivity index (χ3n) is 2.06. The number of hydrazine groups is 1. The zero-order valence-electron chi connectivity index (χ0n) is 8.60. The largest absolute Gasteiger partial charge is 0.339 e. The monoisotopic (exact) mass is 218 g/mol. The summed E-state index contributed by atoms with van der Waals surface area (Å²) in [6, 6.07) is 6.75. The Kier molecular flexibility index (Phi) is 2.65. The van der Waals surface area contributed by atoms with Crippen LogP contribution in [0.25, 0.3) is 11.4 Å². The molecule has 0 aliphatic rings. The highest BCUT2D eigenvalue weighted by molar-refractivity contribution is 5.94. The van der Waals surface area contributed by atoms with Crippen LogP contribution < -0.4 is 11.3 Å². The quantitative estimate of drug-likeness (QED) is 0.438. The van der Waals surface area contributed by atoms with Gasteiger partial charge in [0.1, 0.15) is 0 Å². The fourth-order valence-corrected chi connectivity index (χ4v) is 1.27. The number of hydrogen-bond acceptors (Lipinski definition) is 5. The van der Waals surface area contributed by atoms with E-state index in [4.69, 9.17) is 10.4 Å². The maximum Gasteiger partial charge on any atom is 0.265 e. The summed E-state index contributed by atoms with van der Waals surface area (Å²) >= 11 is 0. The number of aromatic nitrogens is 2. The van der Waals surface area contributed by atoms with Gasteiger partial charge in [0, 0.05) is 18.1 Å². The van der Waals surface area contributed by atoms with E-state index in [9.17, 15) is 4.79 Å². The average Bonchev–Trinajstić information content (AvgIpc) is 2.75. The lowest BCUT2D eigenvalue weighted by Crippen LogP contribution is -2.29. The Morgan fingerprint density at radius 2 is 2.06 bits per heavy atom. The molecule has 0 unspecified atom stereocenters. The number of nitrogens with two attached hydrogens (primary N) is 1. The van der Waals surface area contributed by atoms with E-state index in [-0.39, 0.29) is 5.91 Å². The number of benzene rings is 1. The molecule has 0 fully saturated rings. The van der Waals surface area contributed by atoms with Crippen LogP contribution in [-0.4, -0.2) is 16.0 Å². The lowest BCUT2D eigenvalue weighted by Gasteiger charge is -1.99. The minimum atomic E-state index is -0.337. The molecule has 1 aromatic carbocycles. The Labute approximate surface area is 91.4 Å². The fraction of sp³-hybridized carbons (Fsp3) is 0.100. The molecule has 0 aliphatic heterocycles. The van der Waals surface area contributed by atoms with Gasteiger partial charge in [-0.05, 0) is 12.1 Å². The van der Waals surface area contributed by atoms with Crippen molar-refractivity contribution in [3.63, 3.8) is 0 Å². The molecule has 3 N–H and O–H groups in total.